The second kappa shape index (κ2) is 7.49. The molecule has 1 rings (SSSR count). The Morgan fingerprint density at radius 1 is 1.35 bits per heavy atom. The minimum absolute atomic E-state index is 0.0372. The first-order valence-electron chi connectivity index (χ1n) is 6.28. The van der Waals surface area contributed by atoms with Gasteiger partial charge in [-0.2, -0.15) is 0 Å². The van der Waals surface area contributed by atoms with E-state index in [2.05, 4.69) is 5.32 Å². The monoisotopic (exact) mass is 281 g/mol. The van der Waals surface area contributed by atoms with Crippen LogP contribution < -0.4 is 10.1 Å². The molecule has 0 aliphatic heterocycles. The zero-order chi connectivity index (χ0) is 15.1. The molecule has 0 bridgehead atoms. The molecule has 3 N–H and O–H groups in total. The van der Waals surface area contributed by atoms with Gasteiger partial charge in [0.25, 0.3) is 5.91 Å². The van der Waals surface area contributed by atoms with Crippen LogP contribution in [0.15, 0.2) is 18.2 Å². The normalized spacial score (nSPS) is 11.8. The van der Waals surface area contributed by atoms with Crippen LogP contribution in [0.25, 0.3) is 0 Å². The second-order valence-corrected chi connectivity index (χ2v) is 4.48. The fourth-order valence-corrected chi connectivity index (χ4v) is 1.55. The standard InChI is InChI=1S/C14H19NO5/c1-9-4-3-5-12(10(9)2)20-8-13(17)15-7-6-11(16)14(18)19/h3-5,11,16H,6-8H2,1-2H3,(H,15,17)(H,18,19)/t11-/m0/s1. The summed E-state index contributed by atoms with van der Waals surface area (Å²) in [6.07, 6.45) is -1.50. The number of amides is 1. The molecule has 20 heavy (non-hydrogen) atoms. The Kier molecular flexibility index (Phi) is 5.99. The lowest BCUT2D eigenvalue weighted by Crippen LogP contribution is -2.33. The van der Waals surface area contributed by atoms with E-state index in [1.165, 1.54) is 0 Å². The predicted molar refractivity (Wildman–Crippen MR) is 72.7 cm³/mol. The molecule has 0 aliphatic carbocycles. The minimum Gasteiger partial charge on any atom is -0.483 e. The number of carboxylic acids is 1. The van der Waals surface area contributed by atoms with Gasteiger partial charge in [-0.1, -0.05) is 12.1 Å². The number of carbonyl (C=O) groups excluding carboxylic acids is 1. The van der Waals surface area contributed by atoms with Crippen molar-refractivity contribution in [2.24, 2.45) is 0 Å². The number of hydrogen-bond acceptors (Lipinski definition) is 4. The van der Waals surface area contributed by atoms with E-state index < -0.39 is 12.1 Å². The average Bonchev–Trinajstić information content (AvgIpc) is 2.40. The van der Waals surface area contributed by atoms with Crippen LogP contribution in [0, 0.1) is 13.8 Å². The number of aryl methyl sites for hydroxylation is 1. The van der Waals surface area contributed by atoms with Gasteiger partial charge in [0.1, 0.15) is 5.75 Å². The maximum Gasteiger partial charge on any atom is 0.332 e. The van der Waals surface area contributed by atoms with E-state index in [0.29, 0.717) is 5.75 Å². The summed E-state index contributed by atoms with van der Waals surface area (Å²) in [5.74, 6) is -1.01. The number of nitrogens with one attached hydrogen (secondary N) is 1. The Labute approximate surface area is 117 Å². The number of benzene rings is 1. The number of rotatable bonds is 7. The minimum atomic E-state index is -1.46. The molecule has 1 aromatic carbocycles. The quantitative estimate of drug-likeness (QED) is 0.681. The average molecular weight is 281 g/mol. The van der Waals surface area contributed by atoms with Gasteiger partial charge in [-0.25, -0.2) is 4.79 Å². The van der Waals surface area contributed by atoms with Crippen molar-refractivity contribution < 1.29 is 24.5 Å². The first-order chi connectivity index (χ1) is 9.41. The third-order valence-corrected chi connectivity index (χ3v) is 2.94. The van der Waals surface area contributed by atoms with E-state index >= 15 is 0 Å². The summed E-state index contributed by atoms with van der Waals surface area (Å²) in [6, 6.07) is 5.58. The highest BCUT2D eigenvalue weighted by molar-refractivity contribution is 5.77. The molecule has 0 aromatic heterocycles. The van der Waals surface area contributed by atoms with E-state index in [4.69, 9.17) is 14.9 Å². The summed E-state index contributed by atoms with van der Waals surface area (Å²) >= 11 is 0. The van der Waals surface area contributed by atoms with Gasteiger partial charge in [-0.3, -0.25) is 4.79 Å². The molecule has 0 radical (unpaired) electrons. The Bertz CT molecular complexity index is 486. The van der Waals surface area contributed by atoms with Crippen molar-refractivity contribution in [3.05, 3.63) is 29.3 Å². The van der Waals surface area contributed by atoms with Gasteiger partial charge in [-0.15, -0.1) is 0 Å². The molecular weight excluding hydrogens is 262 g/mol. The Morgan fingerprint density at radius 2 is 2.05 bits per heavy atom. The fraction of sp³-hybridized carbons (Fsp3) is 0.429. The van der Waals surface area contributed by atoms with Gasteiger partial charge in [0, 0.05) is 13.0 Å². The highest BCUT2D eigenvalue weighted by Gasteiger charge is 2.13. The molecule has 0 saturated carbocycles. The maximum atomic E-state index is 11.5. The molecule has 6 nitrogen and oxygen atoms in total. The number of hydrogen-bond donors (Lipinski definition) is 3. The SMILES string of the molecule is Cc1cccc(OCC(=O)NCC[C@H](O)C(=O)O)c1C. The number of aliphatic hydroxyl groups excluding tert-OH is 1. The number of aliphatic carboxylic acids is 1. The summed E-state index contributed by atoms with van der Waals surface area (Å²) in [5.41, 5.74) is 2.05. The van der Waals surface area contributed by atoms with Crippen molar-refractivity contribution in [1.82, 2.24) is 5.32 Å². The molecule has 1 atom stereocenters. The van der Waals surface area contributed by atoms with Gasteiger partial charge < -0.3 is 20.3 Å². The van der Waals surface area contributed by atoms with Crippen molar-refractivity contribution >= 4 is 11.9 Å². The van der Waals surface area contributed by atoms with Gasteiger partial charge in [0.2, 0.25) is 0 Å². The van der Waals surface area contributed by atoms with Crippen LogP contribution in [0.2, 0.25) is 0 Å². The van der Waals surface area contributed by atoms with Crippen LogP contribution in [-0.2, 0) is 9.59 Å². The van der Waals surface area contributed by atoms with Gasteiger partial charge in [0.05, 0.1) is 0 Å². The van der Waals surface area contributed by atoms with E-state index in [0.717, 1.165) is 11.1 Å². The molecule has 6 heteroatoms. The van der Waals surface area contributed by atoms with E-state index in [1.807, 2.05) is 26.0 Å². The maximum absolute atomic E-state index is 11.5. The lowest BCUT2D eigenvalue weighted by molar-refractivity contribution is -0.147. The molecule has 0 aliphatic rings. The van der Waals surface area contributed by atoms with Crippen LogP contribution in [0.5, 0.6) is 5.75 Å². The number of aliphatic hydroxyl groups is 1. The molecule has 1 amide bonds. The number of carbonyl (C=O) groups is 2. The zero-order valence-corrected chi connectivity index (χ0v) is 11.5. The molecule has 1 aromatic rings. The van der Waals surface area contributed by atoms with Crippen LogP contribution in [0.4, 0.5) is 0 Å². The fourth-order valence-electron chi connectivity index (χ4n) is 1.55. The van der Waals surface area contributed by atoms with E-state index in [9.17, 15) is 9.59 Å². The number of ether oxygens (including phenoxy) is 1. The lowest BCUT2D eigenvalue weighted by Gasteiger charge is -2.11. The van der Waals surface area contributed by atoms with Gasteiger partial charge in [-0.05, 0) is 31.0 Å². The third kappa shape index (κ3) is 4.89. The number of carboxylic acid groups (broad SMARTS) is 1. The van der Waals surface area contributed by atoms with E-state index in [-0.39, 0.29) is 25.5 Å². The van der Waals surface area contributed by atoms with Crippen molar-refractivity contribution in [1.29, 1.82) is 0 Å². The topological polar surface area (TPSA) is 95.9 Å². The van der Waals surface area contributed by atoms with Crippen LogP contribution in [0.1, 0.15) is 17.5 Å². The Hall–Kier alpha value is -2.08. The highest BCUT2D eigenvalue weighted by Crippen LogP contribution is 2.20. The molecule has 0 spiro atoms. The summed E-state index contributed by atoms with van der Waals surface area (Å²) < 4.78 is 5.39. The van der Waals surface area contributed by atoms with Crippen molar-refractivity contribution in [3.8, 4) is 5.75 Å². The van der Waals surface area contributed by atoms with Gasteiger partial charge in [0.15, 0.2) is 12.7 Å². The van der Waals surface area contributed by atoms with Crippen molar-refractivity contribution in [3.63, 3.8) is 0 Å². The first kappa shape index (κ1) is 16.0. The molecule has 0 heterocycles. The molecule has 0 saturated heterocycles. The molecular formula is C14H19NO5. The smallest absolute Gasteiger partial charge is 0.332 e. The predicted octanol–water partition coefficient (Wildman–Crippen LogP) is 0.634. The summed E-state index contributed by atoms with van der Waals surface area (Å²) in [7, 11) is 0. The molecule has 0 unspecified atom stereocenters. The zero-order valence-electron chi connectivity index (χ0n) is 11.5. The summed E-state index contributed by atoms with van der Waals surface area (Å²) in [4.78, 5) is 21.9. The van der Waals surface area contributed by atoms with Crippen LogP contribution in [-0.4, -0.2) is 41.3 Å². The Balaban J connectivity index is 2.33. The van der Waals surface area contributed by atoms with E-state index in [1.54, 1.807) is 6.07 Å². The van der Waals surface area contributed by atoms with Crippen LogP contribution in [0.3, 0.4) is 0 Å². The third-order valence-electron chi connectivity index (χ3n) is 2.94. The Morgan fingerprint density at radius 3 is 2.70 bits per heavy atom. The lowest BCUT2D eigenvalue weighted by atomic mass is 10.1. The van der Waals surface area contributed by atoms with Crippen LogP contribution >= 0.6 is 0 Å². The van der Waals surface area contributed by atoms with Gasteiger partial charge >= 0.3 is 5.97 Å². The highest BCUT2D eigenvalue weighted by atomic mass is 16.5. The van der Waals surface area contributed by atoms with Crippen molar-refractivity contribution in [2.45, 2.75) is 26.4 Å². The summed E-state index contributed by atoms with van der Waals surface area (Å²) in [5, 5.41) is 20.0. The molecule has 110 valence electrons. The first-order valence-corrected chi connectivity index (χ1v) is 6.28. The largest absolute Gasteiger partial charge is 0.483 e. The second-order valence-electron chi connectivity index (χ2n) is 4.48. The molecule has 0 fully saturated rings. The summed E-state index contributed by atoms with van der Waals surface area (Å²) in [6.45, 7) is 3.80. The van der Waals surface area contributed by atoms with Crippen molar-refractivity contribution in [2.75, 3.05) is 13.2 Å².